The number of hydrogen-bond acceptors (Lipinski definition) is 3. The number of benzene rings is 1. The molecule has 18 heavy (non-hydrogen) atoms. The maximum absolute atomic E-state index is 9.81. The van der Waals surface area contributed by atoms with Crippen LogP contribution in [0.4, 0.5) is 0 Å². The van der Waals surface area contributed by atoms with Crippen LogP contribution in [-0.2, 0) is 6.54 Å². The number of aliphatic hydroxyl groups excluding tert-OH is 1. The van der Waals surface area contributed by atoms with E-state index in [2.05, 4.69) is 30.9 Å². The summed E-state index contributed by atoms with van der Waals surface area (Å²) in [5.41, 5.74) is 1.43. The van der Waals surface area contributed by atoms with Gasteiger partial charge in [-0.1, -0.05) is 12.1 Å². The smallest absolute Gasteiger partial charge is 0.118 e. The number of likely N-dealkylation sites (tertiary alicyclic amines) is 1. The Morgan fingerprint density at radius 2 is 2.00 bits per heavy atom. The van der Waals surface area contributed by atoms with Gasteiger partial charge in [0, 0.05) is 18.6 Å². The molecule has 0 spiro atoms. The summed E-state index contributed by atoms with van der Waals surface area (Å²) in [6.07, 6.45) is 1.77. The number of ether oxygens (including phenoxy) is 1. The first kappa shape index (κ1) is 13.4. The molecule has 1 unspecified atom stereocenters. The van der Waals surface area contributed by atoms with Gasteiger partial charge in [-0.2, -0.15) is 0 Å². The zero-order chi connectivity index (χ0) is 13.2. The lowest BCUT2D eigenvalue weighted by Crippen LogP contribution is -2.51. The summed E-state index contributed by atoms with van der Waals surface area (Å²) in [7, 11) is 1.68. The molecule has 1 aromatic carbocycles. The van der Waals surface area contributed by atoms with Crippen molar-refractivity contribution in [3.05, 3.63) is 29.8 Å². The van der Waals surface area contributed by atoms with Gasteiger partial charge in [0.25, 0.3) is 0 Å². The number of β-amino-alcohol motifs (C(OH)–C–C–N with tert-alkyl or cyclic N) is 1. The van der Waals surface area contributed by atoms with Crippen LogP contribution in [0.1, 0.15) is 32.3 Å². The van der Waals surface area contributed by atoms with Crippen LogP contribution in [0, 0.1) is 0 Å². The summed E-state index contributed by atoms with van der Waals surface area (Å²) in [4.78, 5) is 2.36. The van der Waals surface area contributed by atoms with Crippen LogP contribution in [0.3, 0.4) is 0 Å². The van der Waals surface area contributed by atoms with Crippen molar-refractivity contribution >= 4 is 0 Å². The summed E-state index contributed by atoms with van der Waals surface area (Å²) in [5, 5.41) is 9.81. The molecule has 1 atom stereocenters. The molecule has 0 aromatic heterocycles. The predicted octanol–water partition coefficient (Wildman–Crippen LogP) is 2.43. The van der Waals surface area contributed by atoms with Crippen LogP contribution in [0.2, 0.25) is 0 Å². The fraction of sp³-hybridized carbons (Fsp3) is 0.600. The highest BCUT2D eigenvalue weighted by Gasteiger charge is 2.33. The molecular formula is C15H23NO2. The molecule has 0 radical (unpaired) electrons. The van der Waals surface area contributed by atoms with E-state index >= 15 is 0 Å². The summed E-state index contributed by atoms with van der Waals surface area (Å²) in [6.45, 7) is 6.15. The molecule has 0 saturated carbocycles. The van der Waals surface area contributed by atoms with E-state index < -0.39 is 0 Å². The molecule has 0 aliphatic carbocycles. The average Bonchev–Trinajstić information content (AvgIpc) is 2.35. The Bertz CT molecular complexity index is 386. The third-order valence-corrected chi connectivity index (χ3v) is 3.91. The molecule has 3 heteroatoms. The molecule has 1 aromatic rings. The maximum Gasteiger partial charge on any atom is 0.118 e. The van der Waals surface area contributed by atoms with Gasteiger partial charge < -0.3 is 9.84 Å². The molecule has 1 aliphatic heterocycles. The number of aliphatic hydroxyl groups is 1. The minimum atomic E-state index is -0.184. The first-order valence-corrected chi connectivity index (χ1v) is 6.57. The van der Waals surface area contributed by atoms with E-state index in [1.165, 1.54) is 5.56 Å². The molecule has 0 bridgehead atoms. The van der Waals surface area contributed by atoms with Crippen molar-refractivity contribution in [3.63, 3.8) is 0 Å². The van der Waals surface area contributed by atoms with Crippen LogP contribution >= 0.6 is 0 Å². The van der Waals surface area contributed by atoms with E-state index in [1.807, 2.05) is 12.1 Å². The van der Waals surface area contributed by atoms with Crippen molar-refractivity contribution in [3.8, 4) is 5.75 Å². The first-order chi connectivity index (χ1) is 8.51. The standard InChI is InChI=1S/C15H23NO2/c1-15(2)9-8-13(17)11-16(15)10-12-4-6-14(18-3)7-5-12/h4-7,13,17H,8-11H2,1-3H3. The molecule has 100 valence electrons. The number of piperidine rings is 1. The van der Waals surface area contributed by atoms with Crippen molar-refractivity contribution in [1.82, 2.24) is 4.90 Å². The third kappa shape index (κ3) is 3.03. The topological polar surface area (TPSA) is 32.7 Å². The van der Waals surface area contributed by atoms with Crippen molar-refractivity contribution in [2.24, 2.45) is 0 Å². The second kappa shape index (κ2) is 5.29. The Morgan fingerprint density at radius 1 is 1.33 bits per heavy atom. The predicted molar refractivity (Wildman–Crippen MR) is 72.7 cm³/mol. The fourth-order valence-corrected chi connectivity index (χ4v) is 2.50. The largest absolute Gasteiger partial charge is 0.497 e. The van der Waals surface area contributed by atoms with E-state index in [0.29, 0.717) is 0 Å². The maximum atomic E-state index is 9.81. The Kier molecular flexibility index (Phi) is 3.93. The normalized spacial score (nSPS) is 23.9. The van der Waals surface area contributed by atoms with Crippen LogP contribution in [0.5, 0.6) is 5.75 Å². The van der Waals surface area contributed by atoms with Gasteiger partial charge in [-0.3, -0.25) is 4.90 Å². The zero-order valence-corrected chi connectivity index (χ0v) is 11.5. The lowest BCUT2D eigenvalue weighted by Gasteiger charge is -2.44. The second-order valence-electron chi connectivity index (χ2n) is 5.73. The van der Waals surface area contributed by atoms with Gasteiger partial charge in [-0.25, -0.2) is 0 Å². The quantitative estimate of drug-likeness (QED) is 0.893. The summed E-state index contributed by atoms with van der Waals surface area (Å²) >= 11 is 0. The zero-order valence-electron chi connectivity index (χ0n) is 11.5. The Labute approximate surface area is 109 Å². The highest BCUT2D eigenvalue weighted by atomic mass is 16.5. The summed E-state index contributed by atoms with van der Waals surface area (Å²) < 4.78 is 5.16. The SMILES string of the molecule is COc1ccc(CN2CC(O)CCC2(C)C)cc1. The number of nitrogens with zero attached hydrogens (tertiary/aromatic N) is 1. The monoisotopic (exact) mass is 249 g/mol. The van der Waals surface area contributed by atoms with Crippen LogP contribution in [0.25, 0.3) is 0 Å². The lowest BCUT2D eigenvalue weighted by molar-refractivity contribution is -0.00959. The van der Waals surface area contributed by atoms with Crippen LogP contribution in [0.15, 0.2) is 24.3 Å². The molecule has 1 aliphatic rings. The molecule has 2 rings (SSSR count). The van der Waals surface area contributed by atoms with E-state index in [0.717, 1.165) is 31.7 Å². The second-order valence-corrected chi connectivity index (χ2v) is 5.73. The number of methoxy groups -OCH3 is 1. The van der Waals surface area contributed by atoms with E-state index in [9.17, 15) is 5.11 Å². The third-order valence-electron chi connectivity index (χ3n) is 3.91. The molecule has 0 amide bonds. The van der Waals surface area contributed by atoms with Gasteiger partial charge in [0.05, 0.1) is 13.2 Å². The van der Waals surface area contributed by atoms with Crippen molar-refractivity contribution in [2.75, 3.05) is 13.7 Å². The summed E-state index contributed by atoms with van der Waals surface area (Å²) in [5.74, 6) is 0.886. The van der Waals surface area contributed by atoms with Gasteiger partial charge in [-0.15, -0.1) is 0 Å². The van der Waals surface area contributed by atoms with Gasteiger partial charge in [0.2, 0.25) is 0 Å². The summed E-state index contributed by atoms with van der Waals surface area (Å²) in [6, 6.07) is 8.16. The van der Waals surface area contributed by atoms with Gasteiger partial charge in [-0.05, 0) is 44.4 Å². The molecular weight excluding hydrogens is 226 g/mol. The van der Waals surface area contributed by atoms with Gasteiger partial charge in [0.1, 0.15) is 5.75 Å². The fourth-order valence-electron chi connectivity index (χ4n) is 2.50. The molecule has 3 nitrogen and oxygen atoms in total. The highest BCUT2D eigenvalue weighted by Crippen LogP contribution is 2.29. The lowest BCUT2D eigenvalue weighted by atomic mass is 9.88. The minimum absolute atomic E-state index is 0.166. The van der Waals surface area contributed by atoms with E-state index in [4.69, 9.17) is 4.74 Å². The molecule has 1 heterocycles. The number of hydrogen-bond donors (Lipinski definition) is 1. The average molecular weight is 249 g/mol. The van der Waals surface area contributed by atoms with Gasteiger partial charge >= 0.3 is 0 Å². The van der Waals surface area contributed by atoms with Crippen molar-refractivity contribution < 1.29 is 9.84 Å². The number of rotatable bonds is 3. The Hall–Kier alpha value is -1.06. The first-order valence-electron chi connectivity index (χ1n) is 6.57. The van der Waals surface area contributed by atoms with Crippen LogP contribution < -0.4 is 4.74 Å². The van der Waals surface area contributed by atoms with E-state index in [1.54, 1.807) is 7.11 Å². The molecule has 1 saturated heterocycles. The van der Waals surface area contributed by atoms with Gasteiger partial charge in [0.15, 0.2) is 0 Å². The molecule has 1 N–H and O–H groups in total. The van der Waals surface area contributed by atoms with Crippen molar-refractivity contribution in [1.29, 1.82) is 0 Å². The Balaban J connectivity index is 2.06. The highest BCUT2D eigenvalue weighted by molar-refractivity contribution is 5.27. The van der Waals surface area contributed by atoms with Crippen LogP contribution in [-0.4, -0.2) is 35.3 Å². The van der Waals surface area contributed by atoms with E-state index in [-0.39, 0.29) is 11.6 Å². The Morgan fingerprint density at radius 3 is 2.61 bits per heavy atom. The van der Waals surface area contributed by atoms with Crippen molar-refractivity contribution in [2.45, 2.75) is 44.9 Å². The molecule has 1 fully saturated rings. The minimum Gasteiger partial charge on any atom is -0.497 e.